The number of hydrogen-bond donors (Lipinski definition) is 0. The molecule has 0 saturated heterocycles. The van der Waals surface area contributed by atoms with E-state index in [9.17, 15) is 4.79 Å². The van der Waals surface area contributed by atoms with Crippen LogP contribution in [0.5, 0.6) is 5.75 Å². The van der Waals surface area contributed by atoms with Crippen LogP contribution in [0.2, 0.25) is 5.02 Å². The number of benzene rings is 1. The van der Waals surface area contributed by atoms with Crippen molar-refractivity contribution in [2.24, 2.45) is 0 Å². The summed E-state index contributed by atoms with van der Waals surface area (Å²) >= 11 is 7.50. The van der Waals surface area contributed by atoms with Crippen molar-refractivity contribution in [1.82, 2.24) is 0 Å². The van der Waals surface area contributed by atoms with Crippen molar-refractivity contribution >= 4 is 28.7 Å². The molecular formula is C14H13ClO2S. The summed E-state index contributed by atoms with van der Waals surface area (Å²) in [5.41, 5.74) is 1.83. The molecule has 0 unspecified atom stereocenters. The van der Waals surface area contributed by atoms with Crippen molar-refractivity contribution in [3.05, 3.63) is 50.7 Å². The van der Waals surface area contributed by atoms with Crippen LogP contribution in [0.4, 0.5) is 0 Å². The maximum absolute atomic E-state index is 12.2. The lowest BCUT2D eigenvalue weighted by atomic mass is 10.1. The fourth-order valence-corrected chi connectivity index (χ4v) is 2.96. The zero-order chi connectivity index (χ0) is 13.1. The summed E-state index contributed by atoms with van der Waals surface area (Å²) in [5, 5.41) is 2.47. The number of thiophene rings is 1. The molecule has 4 heteroatoms. The van der Waals surface area contributed by atoms with E-state index in [0.717, 1.165) is 16.9 Å². The molecule has 0 saturated carbocycles. The van der Waals surface area contributed by atoms with Crippen LogP contribution in [0.3, 0.4) is 0 Å². The topological polar surface area (TPSA) is 26.3 Å². The summed E-state index contributed by atoms with van der Waals surface area (Å²) in [7, 11) is 1.60. The lowest BCUT2D eigenvalue weighted by Gasteiger charge is -2.06. The second-order valence-corrected chi connectivity index (χ2v) is 5.23. The molecule has 1 heterocycles. The number of hydrogen-bond acceptors (Lipinski definition) is 3. The van der Waals surface area contributed by atoms with Crippen molar-refractivity contribution in [3.63, 3.8) is 0 Å². The Bertz CT molecular complexity index is 575. The van der Waals surface area contributed by atoms with Crippen LogP contribution in [0, 0.1) is 6.92 Å². The summed E-state index contributed by atoms with van der Waals surface area (Å²) in [5.74, 6) is 0.762. The van der Waals surface area contributed by atoms with Crippen molar-refractivity contribution in [2.75, 3.05) is 7.11 Å². The Morgan fingerprint density at radius 2 is 2.11 bits per heavy atom. The second kappa shape index (κ2) is 5.55. The molecule has 0 aliphatic carbocycles. The first kappa shape index (κ1) is 13.1. The van der Waals surface area contributed by atoms with Crippen molar-refractivity contribution in [1.29, 1.82) is 0 Å². The molecule has 0 amide bonds. The van der Waals surface area contributed by atoms with Gasteiger partial charge in [-0.25, -0.2) is 0 Å². The number of methoxy groups -OCH3 is 1. The van der Waals surface area contributed by atoms with E-state index in [1.165, 1.54) is 11.3 Å². The molecule has 0 atom stereocenters. The number of halogens is 1. The van der Waals surface area contributed by atoms with Crippen LogP contribution < -0.4 is 4.74 Å². The SMILES string of the molecule is COc1ccccc1CC(=O)c1scc(C)c1Cl. The Hall–Kier alpha value is -1.32. The summed E-state index contributed by atoms with van der Waals surface area (Å²) in [6.07, 6.45) is 0.309. The molecule has 0 aliphatic heterocycles. The molecule has 0 N–H and O–H groups in total. The lowest BCUT2D eigenvalue weighted by Crippen LogP contribution is -2.03. The van der Waals surface area contributed by atoms with Crippen molar-refractivity contribution in [3.8, 4) is 5.75 Å². The number of Topliss-reactive ketones (excluding diaryl/α,β-unsaturated/α-hetero) is 1. The standard InChI is InChI=1S/C14H13ClO2S/c1-9-8-18-14(13(9)15)11(16)7-10-5-3-4-6-12(10)17-2/h3-6,8H,7H2,1-2H3. The van der Waals surface area contributed by atoms with Gasteiger partial charge in [0, 0.05) is 12.0 Å². The molecule has 94 valence electrons. The molecule has 1 aromatic heterocycles. The normalized spacial score (nSPS) is 10.4. The fraction of sp³-hybridized carbons (Fsp3) is 0.214. The van der Waals surface area contributed by atoms with Gasteiger partial charge >= 0.3 is 0 Å². The fourth-order valence-electron chi connectivity index (χ4n) is 1.72. The number of ketones is 1. The van der Waals surface area contributed by atoms with Crippen LogP contribution in [0.25, 0.3) is 0 Å². The first-order chi connectivity index (χ1) is 8.63. The minimum Gasteiger partial charge on any atom is -0.496 e. The predicted molar refractivity (Wildman–Crippen MR) is 75.1 cm³/mol. The second-order valence-electron chi connectivity index (χ2n) is 3.97. The van der Waals surface area contributed by atoms with Gasteiger partial charge in [0.05, 0.1) is 17.0 Å². The molecule has 2 nitrogen and oxygen atoms in total. The van der Waals surface area contributed by atoms with Crippen LogP contribution in [-0.4, -0.2) is 12.9 Å². The van der Waals surface area contributed by atoms with E-state index in [0.29, 0.717) is 16.3 Å². The third kappa shape index (κ3) is 2.57. The van der Waals surface area contributed by atoms with E-state index in [4.69, 9.17) is 16.3 Å². The molecule has 2 aromatic rings. The molecule has 0 bridgehead atoms. The number of ether oxygens (including phenoxy) is 1. The molecule has 0 fully saturated rings. The third-order valence-electron chi connectivity index (χ3n) is 2.70. The molecule has 0 radical (unpaired) electrons. The zero-order valence-electron chi connectivity index (χ0n) is 10.2. The number of carbonyl (C=O) groups is 1. The Labute approximate surface area is 115 Å². The van der Waals surface area contributed by atoms with E-state index in [-0.39, 0.29) is 5.78 Å². The molecule has 18 heavy (non-hydrogen) atoms. The van der Waals surface area contributed by atoms with Crippen LogP contribution in [0.15, 0.2) is 29.6 Å². The third-order valence-corrected chi connectivity index (χ3v) is 4.43. The molecule has 0 spiro atoms. The molecular weight excluding hydrogens is 268 g/mol. The van der Waals surface area contributed by atoms with Crippen molar-refractivity contribution in [2.45, 2.75) is 13.3 Å². The summed E-state index contributed by atoms with van der Waals surface area (Å²) in [6, 6.07) is 7.52. The van der Waals surface area contributed by atoms with Gasteiger partial charge in [-0.2, -0.15) is 0 Å². The lowest BCUT2D eigenvalue weighted by molar-refractivity contribution is 0.0996. The monoisotopic (exact) mass is 280 g/mol. The van der Waals surface area contributed by atoms with E-state index in [2.05, 4.69) is 0 Å². The molecule has 0 aliphatic rings. The zero-order valence-corrected chi connectivity index (χ0v) is 11.8. The maximum atomic E-state index is 12.2. The van der Waals surface area contributed by atoms with Gasteiger partial charge in [0.25, 0.3) is 0 Å². The van der Waals surface area contributed by atoms with E-state index < -0.39 is 0 Å². The van der Waals surface area contributed by atoms with Crippen LogP contribution in [-0.2, 0) is 6.42 Å². The van der Waals surface area contributed by atoms with Crippen molar-refractivity contribution < 1.29 is 9.53 Å². The van der Waals surface area contributed by atoms with Crippen LogP contribution >= 0.6 is 22.9 Å². The molecule has 1 aromatic carbocycles. The quantitative estimate of drug-likeness (QED) is 0.787. The minimum atomic E-state index is 0.0302. The average Bonchev–Trinajstić information content (AvgIpc) is 2.71. The minimum absolute atomic E-state index is 0.0302. The highest BCUT2D eigenvalue weighted by Gasteiger charge is 2.16. The predicted octanol–water partition coefficient (Wildman–Crippen LogP) is 4.14. The van der Waals surface area contributed by atoms with Gasteiger partial charge in [-0.1, -0.05) is 29.8 Å². The number of carbonyl (C=O) groups excluding carboxylic acids is 1. The van der Waals surface area contributed by atoms with Gasteiger partial charge in [-0.3, -0.25) is 4.79 Å². The van der Waals surface area contributed by atoms with Crippen LogP contribution in [0.1, 0.15) is 20.8 Å². The Morgan fingerprint density at radius 1 is 1.39 bits per heavy atom. The van der Waals surface area contributed by atoms with E-state index >= 15 is 0 Å². The van der Waals surface area contributed by atoms with E-state index in [1.54, 1.807) is 7.11 Å². The Kier molecular flexibility index (Phi) is 4.04. The number of aryl methyl sites for hydroxylation is 1. The summed E-state index contributed by atoms with van der Waals surface area (Å²) < 4.78 is 5.24. The maximum Gasteiger partial charge on any atom is 0.178 e. The van der Waals surface area contributed by atoms with Gasteiger partial charge in [0.2, 0.25) is 0 Å². The smallest absolute Gasteiger partial charge is 0.178 e. The largest absolute Gasteiger partial charge is 0.496 e. The summed E-state index contributed by atoms with van der Waals surface area (Å²) in [4.78, 5) is 12.8. The van der Waals surface area contributed by atoms with Gasteiger partial charge in [-0.15, -0.1) is 11.3 Å². The highest BCUT2D eigenvalue weighted by atomic mass is 35.5. The average molecular weight is 281 g/mol. The van der Waals surface area contributed by atoms with E-state index in [1.807, 2.05) is 36.6 Å². The van der Waals surface area contributed by atoms with Gasteiger partial charge in [-0.05, 0) is 23.9 Å². The molecule has 2 rings (SSSR count). The summed E-state index contributed by atoms with van der Waals surface area (Å²) in [6.45, 7) is 1.90. The number of para-hydroxylation sites is 1. The Morgan fingerprint density at radius 3 is 2.72 bits per heavy atom. The van der Waals surface area contributed by atoms with Gasteiger partial charge in [0.15, 0.2) is 5.78 Å². The Balaban J connectivity index is 2.24. The first-order valence-corrected chi connectivity index (χ1v) is 6.78. The van der Waals surface area contributed by atoms with Gasteiger partial charge in [0.1, 0.15) is 5.75 Å². The number of rotatable bonds is 4. The highest BCUT2D eigenvalue weighted by Crippen LogP contribution is 2.29. The highest BCUT2D eigenvalue weighted by molar-refractivity contribution is 7.13. The van der Waals surface area contributed by atoms with Gasteiger partial charge < -0.3 is 4.74 Å². The first-order valence-electron chi connectivity index (χ1n) is 5.52.